The van der Waals surface area contributed by atoms with E-state index in [1.54, 1.807) is 6.08 Å². The summed E-state index contributed by atoms with van der Waals surface area (Å²) in [5, 5.41) is 8.65. The van der Waals surface area contributed by atoms with Crippen LogP contribution in [0.25, 0.3) is 0 Å². The van der Waals surface area contributed by atoms with Crippen molar-refractivity contribution in [1.29, 1.82) is 0 Å². The quantitative estimate of drug-likeness (QED) is 0.754. The smallest absolute Gasteiger partial charge is 0.0612 e. The Morgan fingerprint density at radius 3 is 2.80 bits per heavy atom. The van der Waals surface area contributed by atoms with Crippen LogP contribution in [-0.4, -0.2) is 29.7 Å². The first-order valence-electron chi connectivity index (χ1n) is 5.45. The third kappa shape index (κ3) is 2.67. The van der Waals surface area contributed by atoms with Gasteiger partial charge in [0.25, 0.3) is 0 Å². The highest BCUT2D eigenvalue weighted by molar-refractivity contribution is 5.29. The summed E-state index contributed by atoms with van der Waals surface area (Å²) in [4.78, 5) is 2.40. The lowest BCUT2D eigenvalue weighted by atomic mass is 10.00. The van der Waals surface area contributed by atoms with Gasteiger partial charge >= 0.3 is 0 Å². The van der Waals surface area contributed by atoms with Crippen molar-refractivity contribution in [1.82, 2.24) is 4.90 Å². The summed E-state index contributed by atoms with van der Waals surface area (Å²) in [6, 6.07) is 8.64. The average Bonchev–Trinajstić information content (AvgIpc) is 2.29. The Labute approximate surface area is 90.8 Å². The largest absolute Gasteiger partial charge is 0.392 e. The maximum Gasteiger partial charge on any atom is 0.0612 e. The molecule has 15 heavy (non-hydrogen) atoms. The van der Waals surface area contributed by atoms with Gasteiger partial charge in [0.2, 0.25) is 0 Å². The van der Waals surface area contributed by atoms with Gasteiger partial charge in [-0.1, -0.05) is 36.4 Å². The highest BCUT2D eigenvalue weighted by atomic mass is 16.2. The van der Waals surface area contributed by atoms with E-state index in [9.17, 15) is 0 Å². The molecule has 2 nitrogen and oxygen atoms in total. The van der Waals surface area contributed by atoms with Crippen LogP contribution in [0.3, 0.4) is 0 Å². The SMILES string of the molecule is OC/C=C/CN1CCc2ccccc2C1. The summed E-state index contributed by atoms with van der Waals surface area (Å²) in [7, 11) is 0. The lowest BCUT2D eigenvalue weighted by Crippen LogP contribution is -2.30. The summed E-state index contributed by atoms with van der Waals surface area (Å²) < 4.78 is 0. The first-order chi connectivity index (χ1) is 7.40. The third-order valence-electron chi connectivity index (χ3n) is 2.85. The number of nitrogens with zero attached hydrogens (tertiary/aromatic N) is 1. The average molecular weight is 203 g/mol. The third-order valence-corrected chi connectivity index (χ3v) is 2.85. The molecule has 0 bridgehead atoms. The Balaban J connectivity index is 1.96. The highest BCUT2D eigenvalue weighted by Crippen LogP contribution is 2.17. The fourth-order valence-corrected chi connectivity index (χ4v) is 2.01. The molecule has 0 spiro atoms. The fraction of sp³-hybridized carbons (Fsp3) is 0.385. The van der Waals surface area contributed by atoms with Gasteiger partial charge in [-0.25, -0.2) is 0 Å². The summed E-state index contributed by atoms with van der Waals surface area (Å²) >= 11 is 0. The molecule has 0 aromatic heterocycles. The van der Waals surface area contributed by atoms with Crippen molar-refractivity contribution < 1.29 is 5.11 Å². The van der Waals surface area contributed by atoms with Gasteiger partial charge < -0.3 is 5.11 Å². The second kappa shape index (κ2) is 5.10. The van der Waals surface area contributed by atoms with Crippen LogP contribution in [0.15, 0.2) is 36.4 Å². The molecule has 0 aliphatic carbocycles. The highest BCUT2D eigenvalue weighted by Gasteiger charge is 2.13. The first kappa shape index (κ1) is 10.4. The van der Waals surface area contributed by atoms with Gasteiger partial charge in [-0.15, -0.1) is 0 Å². The van der Waals surface area contributed by atoms with Crippen molar-refractivity contribution in [2.24, 2.45) is 0 Å². The maximum atomic E-state index is 8.65. The van der Waals surface area contributed by atoms with Crippen LogP contribution in [0.2, 0.25) is 0 Å². The minimum atomic E-state index is 0.143. The summed E-state index contributed by atoms with van der Waals surface area (Å²) in [5.41, 5.74) is 2.93. The number of fused-ring (bicyclic) bond motifs is 1. The van der Waals surface area contributed by atoms with Crippen molar-refractivity contribution in [3.05, 3.63) is 47.5 Å². The monoisotopic (exact) mass is 203 g/mol. The van der Waals surface area contributed by atoms with Crippen LogP contribution in [0, 0.1) is 0 Å². The molecule has 0 unspecified atom stereocenters. The molecule has 1 aromatic carbocycles. The van der Waals surface area contributed by atoms with E-state index in [0.29, 0.717) is 0 Å². The molecule has 1 aliphatic heterocycles. The number of hydrogen-bond acceptors (Lipinski definition) is 2. The van der Waals surface area contributed by atoms with Crippen LogP contribution in [0.4, 0.5) is 0 Å². The van der Waals surface area contributed by atoms with E-state index in [0.717, 1.165) is 26.1 Å². The second-order valence-corrected chi connectivity index (χ2v) is 3.91. The van der Waals surface area contributed by atoms with E-state index in [1.165, 1.54) is 11.1 Å². The standard InChI is InChI=1S/C13H17NO/c15-10-4-3-8-14-9-7-12-5-1-2-6-13(12)11-14/h1-6,15H,7-11H2/b4-3+. The van der Waals surface area contributed by atoms with Crippen LogP contribution >= 0.6 is 0 Å². The van der Waals surface area contributed by atoms with E-state index in [2.05, 4.69) is 29.2 Å². The summed E-state index contributed by atoms with van der Waals surface area (Å²) in [6.45, 7) is 3.23. The molecule has 0 fully saturated rings. The zero-order valence-electron chi connectivity index (χ0n) is 8.89. The zero-order valence-corrected chi connectivity index (χ0v) is 8.89. The molecule has 0 amide bonds. The van der Waals surface area contributed by atoms with Gasteiger partial charge in [0, 0.05) is 19.6 Å². The number of aliphatic hydroxyl groups excluding tert-OH is 1. The molecular formula is C13H17NO. The molecule has 0 saturated heterocycles. The van der Waals surface area contributed by atoms with Crippen molar-refractivity contribution in [3.63, 3.8) is 0 Å². The normalized spacial score (nSPS) is 16.9. The molecule has 0 radical (unpaired) electrons. The first-order valence-corrected chi connectivity index (χ1v) is 5.45. The fourth-order valence-electron chi connectivity index (χ4n) is 2.01. The minimum absolute atomic E-state index is 0.143. The van der Waals surface area contributed by atoms with Crippen LogP contribution < -0.4 is 0 Å². The Morgan fingerprint density at radius 1 is 1.20 bits per heavy atom. The second-order valence-electron chi connectivity index (χ2n) is 3.91. The summed E-state index contributed by atoms with van der Waals surface area (Å²) in [5.74, 6) is 0. The van der Waals surface area contributed by atoms with Crippen LogP contribution in [0.1, 0.15) is 11.1 Å². The predicted molar refractivity (Wildman–Crippen MR) is 61.6 cm³/mol. The molecule has 0 atom stereocenters. The van der Waals surface area contributed by atoms with Gasteiger partial charge in [0.15, 0.2) is 0 Å². The van der Waals surface area contributed by atoms with E-state index >= 15 is 0 Å². The van der Waals surface area contributed by atoms with Crippen LogP contribution in [-0.2, 0) is 13.0 Å². The van der Waals surface area contributed by atoms with Gasteiger partial charge in [0.1, 0.15) is 0 Å². The van der Waals surface area contributed by atoms with E-state index < -0.39 is 0 Å². The van der Waals surface area contributed by atoms with E-state index in [-0.39, 0.29) is 6.61 Å². The van der Waals surface area contributed by atoms with Gasteiger partial charge in [-0.05, 0) is 17.5 Å². The molecule has 2 rings (SSSR count). The Bertz CT molecular complexity index is 346. The van der Waals surface area contributed by atoms with Gasteiger partial charge in [0.05, 0.1) is 6.61 Å². The molecule has 80 valence electrons. The predicted octanol–water partition coefficient (Wildman–Crippen LogP) is 1.59. The zero-order chi connectivity index (χ0) is 10.5. The Hall–Kier alpha value is -1.12. The van der Waals surface area contributed by atoms with E-state index in [1.807, 2.05) is 6.08 Å². The topological polar surface area (TPSA) is 23.5 Å². The van der Waals surface area contributed by atoms with Crippen LogP contribution in [0.5, 0.6) is 0 Å². The number of aliphatic hydroxyl groups is 1. The molecule has 0 saturated carbocycles. The molecular weight excluding hydrogens is 186 g/mol. The summed E-state index contributed by atoms with van der Waals surface area (Å²) in [6.07, 6.45) is 4.98. The van der Waals surface area contributed by atoms with Crippen molar-refractivity contribution >= 4 is 0 Å². The Morgan fingerprint density at radius 2 is 2.00 bits per heavy atom. The van der Waals surface area contributed by atoms with Gasteiger partial charge in [-0.3, -0.25) is 4.90 Å². The van der Waals surface area contributed by atoms with E-state index in [4.69, 9.17) is 5.11 Å². The number of benzene rings is 1. The number of rotatable bonds is 3. The lowest BCUT2D eigenvalue weighted by Gasteiger charge is -2.27. The number of hydrogen-bond donors (Lipinski definition) is 1. The van der Waals surface area contributed by atoms with Gasteiger partial charge in [-0.2, -0.15) is 0 Å². The van der Waals surface area contributed by atoms with Crippen molar-refractivity contribution in [3.8, 4) is 0 Å². The molecule has 2 heteroatoms. The molecule has 1 aliphatic rings. The van der Waals surface area contributed by atoms with Crippen molar-refractivity contribution in [2.45, 2.75) is 13.0 Å². The van der Waals surface area contributed by atoms with Crippen molar-refractivity contribution in [2.75, 3.05) is 19.7 Å². The minimum Gasteiger partial charge on any atom is -0.392 e. The molecule has 1 N–H and O–H groups in total. The lowest BCUT2D eigenvalue weighted by molar-refractivity contribution is 0.280. The molecule has 1 aromatic rings. The molecule has 1 heterocycles. The Kier molecular flexibility index (Phi) is 3.54. The maximum absolute atomic E-state index is 8.65.